The minimum atomic E-state index is -0.0388. The Morgan fingerprint density at radius 2 is 2.00 bits per heavy atom. The van der Waals surface area contributed by atoms with Gasteiger partial charge in [0.05, 0.1) is 11.7 Å². The van der Waals surface area contributed by atoms with Crippen molar-refractivity contribution >= 4 is 23.2 Å². The van der Waals surface area contributed by atoms with Crippen LogP contribution in [0.15, 0.2) is 18.2 Å². The Kier molecular flexibility index (Phi) is 4.91. The Balaban J connectivity index is 2.08. The highest BCUT2D eigenvalue weighted by Crippen LogP contribution is 2.22. The summed E-state index contributed by atoms with van der Waals surface area (Å²) in [5.74, 6) is -0.0388. The molecule has 2 rings (SSSR count). The molecule has 0 radical (unpaired) electrons. The second-order valence-electron chi connectivity index (χ2n) is 5.80. The van der Waals surface area contributed by atoms with Crippen molar-refractivity contribution < 1.29 is 4.79 Å². The quantitative estimate of drug-likeness (QED) is 0.910. The summed E-state index contributed by atoms with van der Waals surface area (Å²) < 4.78 is 1.93. The van der Waals surface area contributed by atoms with Gasteiger partial charge in [0.2, 0.25) is 5.91 Å². The molecular formula is C17H22ClN3O. The molecule has 0 aliphatic rings. The van der Waals surface area contributed by atoms with Crippen molar-refractivity contribution in [3.8, 4) is 0 Å². The third-order valence-corrected chi connectivity index (χ3v) is 4.29. The molecule has 1 heterocycles. The molecule has 0 unspecified atom stereocenters. The molecule has 0 saturated carbocycles. The highest BCUT2D eigenvalue weighted by atomic mass is 35.5. The first-order valence-corrected chi connectivity index (χ1v) is 7.75. The van der Waals surface area contributed by atoms with Gasteiger partial charge in [0.1, 0.15) is 0 Å². The van der Waals surface area contributed by atoms with Crippen molar-refractivity contribution in [3.05, 3.63) is 45.7 Å². The van der Waals surface area contributed by atoms with Crippen LogP contribution in [-0.2, 0) is 4.79 Å². The van der Waals surface area contributed by atoms with E-state index in [0.29, 0.717) is 11.4 Å². The fourth-order valence-corrected chi connectivity index (χ4v) is 2.63. The zero-order chi connectivity index (χ0) is 16.4. The van der Waals surface area contributed by atoms with Crippen molar-refractivity contribution in [2.24, 2.45) is 0 Å². The van der Waals surface area contributed by atoms with Crippen LogP contribution in [0.2, 0.25) is 5.02 Å². The minimum absolute atomic E-state index is 0.00638. The molecule has 0 spiro atoms. The van der Waals surface area contributed by atoms with Gasteiger partial charge in [-0.25, -0.2) is 0 Å². The van der Waals surface area contributed by atoms with E-state index in [1.807, 2.05) is 44.5 Å². The molecule has 1 aromatic carbocycles. The molecular weight excluding hydrogens is 298 g/mol. The summed E-state index contributed by atoms with van der Waals surface area (Å²) in [5, 5.41) is 8.06. The molecule has 118 valence electrons. The highest BCUT2D eigenvalue weighted by molar-refractivity contribution is 6.31. The highest BCUT2D eigenvalue weighted by Gasteiger charge is 2.16. The van der Waals surface area contributed by atoms with Gasteiger partial charge in [-0.3, -0.25) is 9.48 Å². The van der Waals surface area contributed by atoms with Gasteiger partial charge >= 0.3 is 0 Å². The zero-order valence-corrected chi connectivity index (χ0v) is 14.5. The lowest BCUT2D eigenvalue weighted by atomic mass is 10.1. The summed E-state index contributed by atoms with van der Waals surface area (Å²) in [7, 11) is 0. The van der Waals surface area contributed by atoms with Crippen molar-refractivity contribution in [2.75, 3.05) is 5.32 Å². The Bertz CT molecular complexity index is 706. The van der Waals surface area contributed by atoms with E-state index in [-0.39, 0.29) is 11.9 Å². The SMILES string of the molecule is Cc1ccc(Cl)cc1NC(=O)C[C@H](C)n1nc(C)c(C)c1C. The molecule has 4 nitrogen and oxygen atoms in total. The summed E-state index contributed by atoms with van der Waals surface area (Å²) in [6, 6.07) is 5.49. The lowest BCUT2D eigenvalue weighted by Gasteiger charge is -2.15. The molecule has 0 saturated heterocycles. The van der Waals surface area contributed by atoms with E-state index < -0.39 is 0 Å². The van der Waals surface area contributed by atoms with E-state index >= 15 is 0 Å². The summed E-state index contributed by atoms with van der Waals surface area (Å²) >= 11 is 5.98. The molecule has 0 fully saturated rings. The van der Waals surface area contributed by atoms with E-state index in [0.717, 1.165) is 22.6 Å². The van der Waals surface area contributed by atoms with Gasteiger partial charge in [0.25, 0.3) is 0 Å². The number of nitrogens with zero attached hydrogens (tertiary/aromatic N) is 2. The number of aryl methyl sites for hydroxylation is 2. The Morgan fingerprint density at radius 3 is 2.59 bits per heavy atom. The first-order valence-electron chi connectivity index (χ1n) is 7.38. The lowest BCUT2D eigenvalue weighted by molar-refractivity contribution is -0.116. The van der Waals surface area contributed by atoms with Crippen molar-refractivity contribution in [1.82, 2.24) is 9.78 Å². The van der Waals surface area contributed by atoms with Gasteiger partial charge in [-0.1, -0.05) is 17.7 Å². The maximum Gasteiger partial charge on any atom is 0.226 e. The van der Waals surface area contributed by atoms with E-state index in [1.54, 1.807) is 6.07 Å². The number of amides is 1. The summed E-state index contributed by atoms with van der Waals surface area (Å²) in [6.07, 6.45) is 0.368. The number of hydrogen-bond donors (Lipinski definition) is 1. The maximum atomic E-state index is 12.3. The van der Waals surface area contributed by atoms with Gasteiger partial charge in [0, 0.05) is 22.8 Å². The number of halogens is 1. The molecule has 22 heavy (non-hydrogen) atoms. The van der Waals surface area contributed by atoms with E-state index in [4.69, 9.17) is 11.6 Å². The van der Waals surface area contributed by atoms with Crippen LogP contribution in [0.4, 0.5) is 5.69 Å². The van der Waals surface area contributed by atoms with Crippen LogP contribution >= 0.6 is 11.6 Å². The van der Waals surface area contributed by atoms with Crippen LogP contribution in [0.5, 0.6) is 0 Å². The number of anilines is 1. The van der Waals surface area contributed by atoms with Crippen molar-refractivity contribution in [2.45, 2.75) is 47.1 Å². The number of hydrogen-bond acceptors (Lipinski definition) is 2. The summed E-state index contributed by atoms with van der Waals surface area (Å²) in [5.41, 5.74) is 5.05. The topological polar surface area (TPSA) is 46.9 Å². The normalized spacial score (nSPS) is 12.3. The van der Waals surface area contributed by atoms with Gasteiger partial charge < -0.3 is 5.32 Å². The van der Waals surface area contributed by atoms with E-state index in [1.165, 1.54) is 5.56 Å². The van der Waals surface area contributed by atoms with Crippen LogP contribution < -0.4 is 5.32 Å². The van der Waals surface area contributed by atoms with E-state index in [2.05, 4.69) is 17.3 Å². The van der Waals surface area contributed by atoms with Gasteiger partial charge in [-0.05, 0) is 57.9 Å². The number of carbonyl (C=O) groups is 1. The minimum Gasteiger partial charge on any atom is -0.326 e. The molecule has 1 atom stereocenters. The van der Waals surface area contributed by atoms with E-state index in [9.17, 15) is 4.79 Å². The molecule has 0 aliphatic carbocycles. The summed E-state index contributed by atoms with van der Waals surface area (Å²) in [4.78, 5) is 12.3. The molecule has 0 bridgehead atoms. The second kappa shape index (κ2) is 6.53. The lowest BCUT2D eigenvalue weighted by Crippen LogP contribution is -2.19. The Labute approximate surface area is 136 Å². The zero-order valence-electron chi connectivity index (χ0n) is 13.7. The molecule has 1 amide bonds. The smallest absolute Gasteiger partial charge is 0.226 e. The third kappa shape index (κ3) is 3.50. The predicted octanol–water partition coefficient (Wildman–Crippen LogP) is 4.36. The summed E-state index contributed by atoms with van der Waals surface area (Å²) in [6.45, 7) is 10.0. The first-order chi connectivity index (χ1) is 10.3. The van der Waals surface area contributed by atoms with Crippen LogP contribution in [0.25, 0.3) is 0 Å². The Hall–Kier alpha value is -1.81. The van der Waals surface area contributed by atoms with Crippen LogP contribution in [-0.4, -0.2) is 15.7 Å². The fourth-order valence-electron chi connectivity index (χ4n) is 2.46. The molecule has 1 aromatic heterocycles. The van der Waals surface area contributed by atoms with Gasteiger partial charge in [-0.2, -0.15) is 5.10 Å². The fraction of sp³-hybridized carbons (Fsp3) is 0.412. The number of nitrogens with one attached hydrogen (secondary N) is 1. The largest absolute Gasteiger partial charge is 0.326 e. The van der Waals surface area contributed by atoms with Crippen molar-refractivity contribution in [1.29, 1.82) is 0 Å². The van der Waals surface area contributed by atoms with Crippen LogP contribution in [0, 0.1) is 27.7 Å². The molecule has 2 aromatic rings. The number of benzene rings is 1. The van der Waals surface area contributed by atoms with Crippen molar-refractivity contribution in [3.63, 3.8) is 0 Å². The van der Waals surface area contributed by atoms with Gasteiger partial charge in [0.15, 0.2) is 0 Å². The second-order valence-corrected chi connectivity index (χ2v) is 6.24. The molecule has 1 N–H and O–H groups in total. The predicted molar refractivity (Wildman–Crippen MR) is 90.6 cm³/mol. The maximum absolute atomic E-state index is 12.3. The van der Waals surface area contributed by atoms with Gasteiger partial charge in [-0.15, -0.1) is 0 Å². The molecule has 0 aliphatic heterocycles. The number of aromatic nitrogens is 2. The number of rotatable bonds is 4. The monoisotopic (exact) mass is 319 g/mol. The Morgan fingerprint density at radius 1 is 1.32 bits per heavy atom. The standard InChI is InChI=1S/C17H22ClN3O/c1-10-6-7-15(18)9-16(10)19-17(22)8-11(2)21-14(5)12(3)13(4)20-21/h6-7,9,11H,8H2,1-5H3,(H,19,22)/t11-/m0/s1. The third-order valence-electron chi connectivity index (χ3n) is 4.06. The van der Waals surface area contributed by atoms with Crippen LogP contribution in [0.3, 0.4) is 0 Å². The average Bonchev–Trinajstić information content (AvgIpc) is 2.70. The number of carbonyl (C=O) groups excluding carboxylic acids is 1. The molecule has 5 heteroatoms. The first kappa shape index (κ1) is 16.6. The van der Waals surface area contributed by atoms with Crippen LogP contribution in [0.1, 0.15) is 41.9 Å². The average molecular weight is 320 g/mol.